The molecule has 2 aromatic carbocycles. The molecule has 0 aliphatic carbocycles. The summed E-state index contributed by atoms with van der Waals surface area (Å²) in [6, 6.07) is 13.9. The molecule has 0 fully saturated rings. The van der Waals surface area contributed by atoms with Crippen molar-refractivity contribution in [3.63, 3.8) is 0 Å². The third kappa shape index (κ3) is 2.62. The van der Waals surface area contributed by atoms with E-state index in [9.17, 15) is 9.59 Å². The molecular weight excluding hydrogens is 364 g/mol. The Morgan fingerprint density at radius 2 is 1.96 bits per heavy atom. The number of nitrogens with zero attached hydrogens (tertiary/aromatic N) is 1. The van der Waals surface area contributed by atoms with Crippen LogP contribution in [0.5, 0.6) is 0 Å². The SMILES string of the molecule is O=C(c1cc(=O)c2ccccc2o1)N1CCc2[nH]c3ccc(Cl)cc3c2C1. The summed E-state index contributed by atoms with van der Waals surface area (Å²) in [5.74, 6) is -0.208. The third-order valence-corrected chi connectivity index (χ3v) is 5.30. The van der Waals surface area contributed by atoms with Crippen LogP contribution in [0, 0.1) is 0 Å². The third-order valence-electron chi connectivity index (χ3n) is 5.07. The van der Waals surface area contributed by atoms with Crippen LogP contribution in [0.3, 0.4) is 0 Å². The first-order chi connectivity index (χ1) is 13.1. The Labute approximate surface area is 159 Å². The van der Waals surface area contributed by atoms with E-state index in [2.05, 4.69) is 4.98 Å². The molecule has 27 heavy (non-hydrogen) atoms. The predicted molar refractivity (Wildman–Crippen MR) is 104 cm³/mol. The number of hydrogen-bond donors (Lipinski definition) is 1. The predicted octanol–water partition coefficient (Wildman–Crippen LogP) is 4.13. The number of carbonyl (C=O) groups excluding carboxylic acids is 1. The van der Waals surface area contributed by atoms with Crippen molar-refractivity contribution >= 4 is 39.4 Å². The molecule has 0 saturated heterocycles. The Balaban J connectivity index is 1.53. The lowest BCUT2D eigenvalue weighted by Crippen LogP contribution is -2.36. The molecule has 5 rings (SSSR count). The molecule has 5 nitrogen and oxygen atoms in total. The quantitative estimate of drug-likeness (QED) is 0.541. The van der Waals surface area contributed by atoms with Crippen molar-refractivity contribution in [2.75, 3.05) is 6.54 Å². The fourth-order valence-electron chi connectivity index (χ4n) is 3.72. The fraction of sp³-hybridized carbons (Fsp3) is 0.143. The molecule has 0 bridgehead atoms. The maximum atomic E-state index is 13.0. The zero-order chi connectivity index (χ0) is 18.5. The normalized spacial score (nSPS) is 13.9. The van der Waals surface area contributed by atoms with Gasteiger partial charge in [-0.3, -0.25) is 9.59 Å². The van der Waals surface area contributed by atoms with Crippen molar-refractivity contribution < 1.29 is 9.21 Å². The number of H-pyrrole nitrogens is 1. The number of fused-ring (bicyclic) bond motifs is 4. The van der Waals surface area contributed by atoms with Gasteiger partial charge in [-0.05, 0) is 30.3 Å². The molecule has 0 atom stereocenters. The summed E-state index contributed by atoms with van der Waals surface area (Å²) in [6.45, 7) is 1.01. The van der Waals surface area contributed by atoms with Gasteiger partial charge in [0.15, 0.2) is 11.2 Å². The second kappa shape index (κ2) is 5.99. The minimum Gasteiger partial charge on any atom is -0.451 e. The summed E-state index contributed by atoms with van der Waals surface area (Å²) in [5.41, 5.74) is 3.41. The van der Waals surface area contributed by atoms with Crippen molar-refractivity contribution in [3.05, 3.63) is 80.8 Å². The van der Waals surface area contributed by atoms with Gasteiger partial charge < -0.3 is 14.3 Å². The summed E-state index contributed by atoms with van der Waals surface area (Å²) >= 11 is 6.14. The van der Waals surface area contributed by atoms with Crippen molar-refractivity contribution in [2.45, 2.75) is 13.0 Å². The number of aromatic nitrogens is 1. The molecule has 134 valence electrons. The average molecular weight is 379 g/mol. The Kier molecular flexibility index (Phi) is 3.58. The van der Waals surface area contributed by atoms with Gasteiger partial charge >= 0.3 is 0 Å². The number of para-hydroxylation sites is 1. The van der Waals surface area contributed by atoms with Crippen LogP contribution in [0.4, 0.5) is 0 Å². The molecule has 1 aliphatic heterocycles. The van der Waals surface area contributed by atoms with Gasteiger partial charge in [-0.25, -0.2) is 0 Å². The number of carbonyl (C=O) groups is 1. The largest absolute Gasteiger partial charge is 0.451 e. The number of aromatic amines is 1. The highest BCUT2D eigenvalue weighted by Crippen LogP contribution is 2.30. The van der Waals surface area contributed by atoms with Crippen LogP contribution in [0.2, 0.25) is 5.02 Å². The van der Waals surface area contributed by atoms with Gasteiger partial charge in [0.1, 0.15) is 5.58 Å². The van der Waals surface area contributed by atoms with Gasteiger partial charge in [0, 0.05) is 52.8 Å². The Bertz CT molecular complexity index is 1270. The first kappa shape index (κ1) is 16.1. The molecule has 1 aliphatic rings. The fourth-order valence-corrected chi connectivity index (χ4v) is 3.90. The standard InChI is InChI=1S/C21H15ClN2O3/c22-12-5-6-16-14(9-12)15-11-24(8-7-17(15)23-16)21(26)20-10-18(25)13-3-1-2-4-19(13)27-20/h1-6,9-10,23H,7-8,11H2. The van der Waals surface area contributed by atoms with Crippen LogP contribution in [0.25, 0.3) is 21.9 Å². The van der Waals surface area contributed by atoms with Gasteiger partial charge in [0.25, 0.3) is 5.91 Å². The van der Waals surface area contributed by atoms with E-state index >= 15 is 0 Å². The summed E-state index contributed by atoms with van der Waals surface area (Å²) in [7, 11) is 0. The molecule has 0 spiro atoms. The molecule has 6 heteroatoms. The van der Waals surface area contributed by atoms with Crippen LogP contribution in [-0.4, -0.2) is 22.3 Å². The lowest BCUT2D eigenvalue weighted by atomic mass is 10.0. The van der Waals surface area contributed by atoms with E-state index in [0.717, 1.165) is 22.2 Å². The number of rotatable bonds is 1. The van der Waals surface area contributed by atoms with Crippen LogP contribution >= 0.6 is 11.6 Å². The van der Waals surface area contributed by atoms with E-state index in [-0.39, 0.29) is 17.1 Å². The summed E-state index contributed by atoms with van der Waals surface area (Å²) in [6.07, 6.45) is 0.713. The Morgan fingerprint density at radius 3 is 2.85 bits per heavy atom. The van der Waals surface area contributed by atoms with Crippen molar-refractivity contribution in [2.24, 2.45) is 0 Å². The van der Waals surface area contributed by atoms with Gasteiger partial charge in [0.05, 0.1) is 5.39 Å². The average Bonchev–Trinajstić information content (AvgIpc) is 3.04. The molecule has 3 heterocycles. The van der Waals surface area contributed by atoms with E-state index in [1.165, 1.54) is 6.07 Å². The van der Waals surface area contributed by atoms with Crippen LogP contribution in [0.1, 0.15) is 21.8 Å². The molecular formula is C21H15ClN2O3. The lowest BCUT2D eigenvalue weighted by Gasteiger charge is -2.26. The minimum absolute atomic E-state index is 0.0695. The lowest BCUT2D eigenvalue weighted by molar-refractivity contribution is 0.0703. The number of nitrogens with one attached hydrogen (secondary N) is 1. The molecule has 1 amide bonds. The van der Waals surface area contributed by atoms with E-state index in [4.69, 9.17) is 16.0 Å². The highest BCUT2D eigenvalue weighted by atomic mass is 35.5. The van der Waals surface area contributed by atoms with Crippen LogP contribution in [0.15, 0.2) is 57.7 Å². The molecule has 2 aromatic heterocycles. The monoisotopic (exact) mass is 378 g/mol. The van der Waals surface area contributed by atoms with E-state index in [1.807, 2.05) is 18.2 Å². The number of amides is 1. The Hall–Kier alpha value is -3.05. The first-order valence-electron chi connectivity index (χ1n) is 8.71. The number of halogens is 1. The summed E-state index contributed by atoms with van der Waals surface area (Å²) in [4.78, 5) is 30.4. The highest BCUT2D eigenvalue weighted by Gasteiger charge is 2.26. The maximum absolute atomic E-state index is 13.0. The maximum Gasteiger partial charge on any atom is 0.290 e. The minimum atomic E-state index is -0.278. The second-order valence-corrected chi connectivity index (χ2v) is 7.16. The van der Waals surface area contributed by atoms with Crippen molar-refractivity contribution in [3.8, 4) is 0 Å². The van der Waals surface area contributed by atoms with Crippen molar-refractivity contribution in [1.82, 2.24) is 9.88 Å². The van der Waals surface area contributed by atoms with Gasteiger partial charge in [0.2, 0.25) is 0 Å². The summed E-state index contributed by atoms with van der Waals surface area (Å²) in [5, 5.41) is 2.16. The Morgan fingerprint density at radius 1 is 1.11 bits per heavy atom. The van der Waals surface area contributed by atoms with E-state index in [1.54, 1.807) is 29.2 Å². The van der Waals surface area contributed by atoms with E-state index < -0.39 is 0 Å². The number of benzene rings is 2. The van der Waals surface area contributed by atoms with E-state index in [0.29, 0.717) is 35.5 Å². The van der Waals surface area contributed by atoms with Gasteiger partial charge in [-0.1, -0.05) is 23.7 Å². The first-order valence-corrected chi connectivity index (χ1v) is 9.09. The molecule has 1 N–H and O–H groups in total. The van der Waals surface area contributed by atoms with Gasteiger partial charge in [-0.15, -0.1) is 0 Å². The smallest absolute Gasteiger partial charge is 0.290 e. The molecule has 0 unspecified atom stereocenters. The van der Waals surface area contributed by atoms with Gasteiger partial charge in [-0.2, -0.15) is 0 Å². The molecule has 0 saturated carbocycles. The number of hydrogen-bond acceptors (Lipinski definition) is 3. The zero-order valence-corrected chi connectivity index (χ0v) is 15.0. The zero-order valence-electron chi connectivity index (χ0n) is 14.3. The topological polar surface area (TPSA) is 66.3 Å². The second-order valence-electron chi connectivity index (χ2n) is 6.72. The molecule has 0 radical (unpaired) electrons. The van der Waals surface area contributed by atoms with Crippen LogP contribution < -0.4 is 5.43 Å². The highest BCUT2D eigenvalue weighted by molar-refractivity contribution is 6.31. The molecule has 4 aromatic rings. The summed E-state index contributed by atoms with van der Waals surface area (Å²) < 4.78 is 5.71. The van der Waals surface area contributed by atoms with Crippen LogP contribution in [-0.2, 0) is 13.0 Å². The van der Waals surface area contributed by atoms with Crippen molar-refractivity contribution in [1.29, 1.82) is 0 Å².